The molecule has 1 aromatic heterocycles. The van der Waals surface area contributed by atoms with Crippen LogP contribution in [-0.4, -0.2) is 35.2 Å². The van der Waals surface area contributed by atoms with E-state index in [0.29, 0.717) is 17.9 Å². The first kappa shape index (κ1) is 17.5. The highest BCUT2D eigenvalue weighted by Crippen LogP contribution is 2.40. The lowest BCUT2D eigenvalue weighted by atomic mass is 9.95. The highest BCUT2D eigenvalue weighted by molar-refractivity contribution is 5.76. The van der Waals surface area contributed by atoms with E-state index in [2.05, 4.69) is 4.98 Å². The predicted octanol–water partition coefficient (Wildman–Crippen LogP) is 4.19. The smallest absolute Gasteiger partial charge is 0.410 e. The van der Waals surface area contributed by atoms with E-state index in [-0.39, 0.29) is 24.8 Å². The van der Waals surface area contributed by atoms with Gasteiger partial charge < -0.3 is 9.47 Å². The lowest BCUT2D eigenvalue weighted by Gasteiger charge is -2.33. The fourth-order valence-corrected chi connectivity index (χ4v) is 3.93. The third kappa shape index (κ3) is 3.52. The van der Waals surface area contributed by atoms with Gasteiger partial charge in [0, 0.05) is 11.6 Å². The van der Waals surface area contributed by atoms with Crippen molar-refractivity contribution in [2.24, 2.45) is 0 Å². The quantitative estimate of drug-likeness (QED) is 0.812. The molecule has 0 saturated carbocycles. The summed E-state index contributed by atoms with van der Waals surface area (Å²) < 4.78 is 24.5. The molecule has 3 heterocycles. The molecule has 0 spiro atoms. The fourth-order valence-electron chi connectivity index (χ4n) is 3.93. The first-order chi connectivity index (χ1) is 13.2. The minimum atomic E-state index is -0.399. The van der Waals surface area contributed by atoms with Crippen molar-refractivity contribution in [1.82, 2.24) is 9.88 Å². The first-order valence-corrected chi connectivity index (χ1v) is 9.05. The van der Waals surface area contributed by atoms with Crippen LogP contribution in [0.4, 0.5) is 9.18 Å². The highest BCUT2D eigenvalue weighted by atomic mass is 19.1. The molecule has 1 amide bonds. The topological polar surface area (TPSA) is 51.7 Å². The molecule has 1 fully saturated rings. The summed E-state index contributed by atoms with van der Waals surface area (Å²) in [5, 5.41) is 0. The van der Waals surface area contributed by atoms with Crippen LogP contribution in [0.1, 0.15) is 30.4 Å². The maximum Gasteiger partial charge on any atom is 0.410 e. The SMILES string of the molecule is COc1ncc(F)cc1C1=CC2CCC(C1)N2C(=O)OCc1ccccc1. The maximum atomic E-state index is 13.7. The molecule has 2 aliphatic rings. The van der Waals surface area contributed by atoms with Crippen molar-refractivity contribution < 1.29 is 18.7 Å². The summed E-state index contributed by atoms with van der Waals surface area (Å²) in [6.45, 7) is 0.258. The van der Waals surface area contributed by atoms with Crippen molar-refractivity contribution in [3.8, 4) is 5.88 Å². The van der Waals surface area contributed by atoms with Crippen molar-refractivity contribution in [3.05, 3.63) is 65.6 Å². The molecule has 4 rings (SSSR count). The molecule has 2 atom stereocenters. The molecule has 2 bridgehead atoms. The predicted molar refractivity (Wildman–Crippen MR) is 98.6 cm³/mol. The van der Waals surface area contributed by atoms with Crippen molar-refractivity contribution >= 4 is 11.7 Å². The van der Waals surface area contributed by atoms with E-state index >= 15 is 0 Å². The molecule has 0 radical (unpaired) electrons. The van der Waals surface area contributed by atoms with Gasteiger partial charge in [-0.3, -0.25) is 4.90 Å². The van der Waals surface area contributed by atoms with E-state index < -0.39 is 5.82 Å². The van der Waals surface area contributed by atoms with E-state index in [1.165, 1.54) is 13.2 Å². The average Bonchev–Trinajstić information content (AvgIpc) is 2.96. The monoisotopic (exact) mass is 368 g/mol. The Labute approximate surface area is 157 Å². The van der Waals surface area contributed by atoms with Crippen molar-refractivity contribution in [1.29, 1.82) is 0 Å². The second kappa shape index (κ2) is 7.39. The summed E-state index contributed by atoms with van der Waals surface area (Å²) in [7, 11) is 1.52. The number of hydrogen-bond acceptors (Lipinski definition) is 4. The molecule has 0 aliphatic carbocycles. The Morgan fingerprint density at radius 1 is 1.30 bits per heavy atom. The van der Waals surface area contributed by atoms with Gasteiger partial charge in [-0.15, -0.1) is 0 Å². The Morgan fingerprint density at radius 3 is 2.85 bits per heavy atom. The molecule has 1 aromatic carbocycles. The highest BCUT2D eigenvalue weighted by Gasteiger charge is 2.41. The number of fused-ring (bicyclic) bond motifs is 2. The van der Waals surface area contributed by atoms with Crippen LogP contribution in [0.25, 0.3) is 5.57 Å². The van der Waals surface area contributed by atoms with Gasteiger partial charge in [-0.2, -0.15) is 0 Å². The molecule has 27 heavy (non-hydrogen) atoms. The van der Waals surface area contributed by atoms with Crippen LogP contribution in [-0.2, 0) is 11.3 Å². The van der Waals surface area contributed by atoms with Crippen LogP contribution >= 0.6 is 0 Å². The summed E-state index contributed by atoms with van der Waals surface area (Å²) in [5.41, 5.74) is 2.59. The average molecular weight is 368 g/mol. The van der Waals surface area contributed by atoms with Gasteiger partial charge in [0.25, 0.3) is 0 Å². The summed E-state index contributed by atoms with van der Waals surface area (Å²) in [6.07, 6.45) is 5.28. The normalized spacial score (nSPS) is 21.0. The number of aromatic nitrogens is 1. The molecule has 6 heteroatoms. The second-order valence-electron chi connectivity index (χ2n) is 6.85. The van der Waals surface area contributed by atoms with Gasteiger partial charge in [-0.1, -0.05) is 36.4 Å². The Kier molecular flexibility index (Phi) is 4.79. The second-order valence-corrected chi connectivity index (χ2v) is 6.85. The van der Waals surface area contributed by atoms with Crippen LogP contribution in [0.2, 0.25) is 0 Å². The molecule has 1 saturated heterocycles. The Hall–Kier alpha value is -2.89. The summed E-state index contributed by atoms with van der Waals surface area (Å²) in [4.78, 5) is 18.5. The van der Waals surface area contributed by atoms with E-state index in [9.17, 15) is 9.18 Å². The van der Waals surface area contributed by atoms with E-state index in [0.717, 1.165) is 30.2 Å². The van der Waals surface area contributed by atoms with Gasteiger partial charge in [0.05, 0.1) is 19.3 Å². The van der Waals surface area contributed by atoms with Crippen molar-refractivity contribution in [2.75, 3.05) is 7.11 Å². The molecule has 5 nitrogen and oxygen atoms in total. The third-order valence-corrected chi connectivity index (χ3v) is 5.17. The van der Waals surface area contributed by atoms with Crippen LogP contribution in [0.3, 0.4) is 0 Å². The number of carbonyl (C=O) groups excluding carboxylic acids is 1. The standard InChI is InChI=1S/C21H21FN2O3/c1-26-20-19(11-16(22)12-23-20)15-9-17-7-8-18(10-15)24(17)21(25)27-13-14-5-3-2-4-6-14/h2-6,9,11-12,17-18H,7-8,10,13H2,1H3. The molecule has 2 unspecified atom stereocenters. The largest absolute Gasteiger partial charge is 0.481 e. The number of nitrogens with zero attached hydrogens (tertiary/aromatic N) is 2. The molecule has 2 aromatic rings. The fraction of sp³-hybridized carbons (Fsp3) is 0.333. The van der Waals surface area contributed by atoms with E-state index in [4.69, 9.17) is 9.47 Å². The molecule has 0 N–H and O–H groups in total. The van der Waals surface area contributed by atoms with Crippen LogP contribution < -0.4 is 4.74 Å². The summed E-state index contributed by atoms with van der Waals surface area (Å²) in [5.74, 6) is 0.00546. The van der Waals surface area contributed by atoms with E-state index in [1.807, 2.05) is 41.3 Å². The number of pyridine rings is 1. The number of rotatable bonds is 4. The molecular formula is C21H21FN2O3. The van der Waals surface area contributed by atoms with Gasteiger partial charge in [-0.25, -0.2) is 14.2 Å². The zero-order valence-corrected chi connectivity index (χ0v) is 15.1. The van der Waals surface area contributed by atoms with Crippen molar-refractivity contribution in [2.45, 2.75) is 38.0 Å². The number of benzene rings is 1. The maximum absolute atomic E-state index is 13.7. The minimum absolute atomic E-state index is 0.0463. The number of amides is 1. The van der Waals surface area contributed by atoms with Crippen LogP contribution in [0.15, 0.2) is 48.7 Å². The first-order valence-electron chi connectivity index (χ1n) is 9.05. The number of methoxy groups -OCH3 is 1. The van der Waals surface area contributed by atoms with Gasteiger partial charge >= 0.3 is 6.09 Å². The molecule has 2 aliphatic heterocycles. The number of hydrogen-bond donors (Lipinski definition) is 0. The van der Waals surface area contributed by atoms with Gasteiger partial charge in [-0.05, 0) is 36.5 Å². The summed E-state index contributed by atoms with van der Waals surface area (Å²) in [6, 6.07) is 11.1. The lowest BCUT2D eigenvalue weighted by molar-refractivity contribution is 0.0832. The zero-order chi connectivity index (χ0) is 18.8. The van der Waals surface area contributed by atoms with Gasteiger partial charge in [0.15, 0.2) is 0 Å². The number of ether oxygens (including phenoxy) is 2. The van der Waals surface area contributed by atoms with Gasteiger partial charge in [0.2, 0.25) is 5.88 Å². The van der Waals surface area contributed by atoms with Crippen LogP contribution in [0, 0.1) is 5.82 Å². The third-order valence-electron chi connectivity index (χ3n) is 5.17. The van der Waals surface area contributed by atoms with Crippen molar-refractivity contribution in [3.63, 3.8) is 0 Å². The molecular weight excluding hydrogens is 347 g/mol. The number of halogens is 1. The minimum Gasteiger partial charge on any atom is -0.481 e. The van der Waals surface area contributed by atoms with E-state index in [1.54, 1.807) is 0 Å². The van der Waals surface area contributed by atoms with Gasteiger partial charge in [0.1, 0.15) is 12.4 Å². The zero-order valence-electron chi connectivity index (χ0n) is 15.1. The Bertz CT molecular complexity index is 869. The van der Waals surface area contributed by atoms with Crippen LogP contribution in [0.5, 0.6) is 5.88 Å². The Balaban J connectivity index is 1.51. The lowest BCUT2D eigenvalue weighted by Crippen LogP contribution is -2.43. The summed E-state index contributed by atoms with van der Waals surface area (Å²) >= 11 is 0. The molecule has 140 valence electrons. The Morgan fingerprint density at radius 2 is 2.11 bits per heavy atom. The number of carbonyl (C=O) groups is 1.